The number of ether oxygens (including phenoxy) is 1. The number of rotatable bonds is 3. The topological polar surface area (TPSA) is 49.2 Å². The van der Waals surface area contributed by atoms with Crippen LogP contribution in [0, 0.1) is 11.3 Å². The number of piperidine rings is 1. The van der Waals surface area contributed by atoms with Crippen LogP contribution in [0.3, 0.4) is 0 Å². The van der Waals surface area contributed by atoms with Crippen LogP contribution in [-0.4, -0.2) is 37.0 Å². The zero-order chi connectivity index (χ0) is 15.5. The van der Waals surface area contributed by atoms with Crippen LogP contribution < -0.4 is 4.90 Å². The van der Waals surface area contributed by atoms with Crippen molar-refractivity contribution in [2.75, 3.05) is 24.6 Å². The van der Waals surface area contributed by atoms with Crippen molar-refractivity contribution in [2.24, 2.45) is 0 Å². The molecule has 0 amide bonds. The van der Waals surface area contributed by atoms with E-state index >= 15 is 0 Å². The standard InChI is InChI=1S/C13H13ClF3N3O/c14-12-6-10(5-9(7-18)19-12)20-3-1-11(2-4-20)21-8-13(15,16)17/h5-6,11H,1-4,8H2. The Morgan fingerprint density at radius 1 is 1.38 bits per heavy atom. The van der Waals surface area contributed by atoms with E-state index in [0.717, 1.165) is 5.69 Å². The normalized spacial score (nSPS) is 16.8. The number of hydrogen-bond donors (Lipinski definition) is 0. The highest BCUT2D eigenvalue weighted by Gasteiger charge is 2.30. The van der Waals surface area contributed by atoms with Crippen LogP contribution in [-0.2, 0) is 4.74 Å². The molecule has 1 aliphatic heterocycles. The van der Waals surface area contributed by atoms with E-state index in [1.807, 2.05) is 11.0 Å². The number of aromatic nitrogens is 1. The van der Waals surface area contributed by atoms with Crippen molar-refractivity contribution in [3.63, 3.8) is 0 Å². The van der Waals surface area contributed by atoms with E-state index in [2.05, 4.69) is 4.98 Å². The first-order chi connectivity index (χ1) is 9.87. The minimum Gasteiger partial charge on any atom is -0.371 e. The molecule has 0 radical (unpaired) electrons. The van der Waals surface area contributed by atoms with Crippen molar-refractivity contribution in [1.29, 1.82) is 5.26 Å². The summed E-state index contributed by atoms with van der Waals surface area (Å²) in [6.45, 7) is -0.112. The van der Waals surface area contributed by atoms with E-state index in [1.54, 1.807) is 12.1 Å². The van der Waals surface area contributed by atoms with Crippen LogP contribution in [0.5, 0.6) is 0 Å². The van der Waals surface area contributed by atoms with Crippen molar-refractivity contribution >= 4 is 17.3 Å². The summed E-state index contributed by atoms with van der Waals surface area (Å²) >= 11 is 5.84. The quantitative estimate of drug-likeness (QED) is 0.803. The van der Waals surface area contributed by atoms with Gasteiger partial charge in [-0.3, -0.25) is 0 Å². The molecule has 2 heterocycles. The van der Waals surface area contributed by atoms with Crippen molar-refractivity contribution in [3.05, 3.63) is 23.0 Å². The second-order valence-electron chi connectivity index (χ2n) is 4.76. The van der Waals surface area contributed by atoms with Crippen molar-refractivity contribution < 1.29 is 17.9 Å². The van der Waals surface area contributed by atoms with Gasteiger partial charge in [0.1, 0.15) is 23.5 Å². The Morgan fingerprint density at radius 2 is 2.05 bits per heavy atom. The molecule has 0 unspecified atom stereocenters. The fourth-order valence-corrected chi connectivity index (χ4v) is 2.42. The molecular weight excluding hydrogens is 307 g/mol. The van der Waals surface area contributed by atoms with E-state index < -0.39 is 18.9 Å². The number of nitriles is 1. The van der Waals surface area contributed by atoms with Gasteiger partial charge in [0.05, 0.1) is 6.10 Å². The van der Waals surface area contributed by atoms with E-state index in [1.165, 1.54) is 0 Å². The summed E-state index contributed by atoms with van der Waals surface area (Å²) in [6.07, 6.45) is -3.69. The number of nitrogens with zero attached hydrogens (tertiary/aromatic N) is 3. The molecule has 4 nitrogen and oxygen atoms in total. The maximum absolute atomic E-state index is 12.1. The summed E-state index contributed by atoms with van der Waals surface area (Å²) in [5, 5.41) is 9.08. The lowest BCUT2D eigenvalue weighted by Gasteiger charge is -2.33. The first-order valence-corrected chi connectivity index (χ1v) is 6.76. The fourth-order valence-electron chi connectivity index (χ4n) is 2.22. The lowest BCUT2D eigenvalue weighted by Crippen LogP contribution is -2.38. The van der Waals surface area contributed by atoms with Crippen LogP contribution in [0.25, 0.3) is 0 Å². The highest BCUT2D eigenvalue weighted by Crippen LogP contribution is 2.25. The Morgan fingerprint density at radius 3 is 2.62 bits per heavy atom. The second-order valence-corrected chi connectivity index (χ2v) is 5.14. The number of pyridine rings is 1. The summed E-state index contributed by atoms with van der Waals surface area (Å²) in [5.74, 6) is 0. The summed E-state index contributed by atoms with van der Waals surface area (Å²) in [6, 6.07) is 5.17. The van der Waals surface area contributed by atoms with Crippen LogP contribution >= 0.6 is 11.6 Å². The molecule has 2 rings (SSSR count). The lowest BCUT2D eigenvalue weighted by molar-refractivity contribution is -0.186. The zero-order valence-electron chi connectivity index (χ0n) is 11.0. The van der Waals surface area contributed by atoms with Gasteiger partial charge in [-0.25, -0.2) is 4.98 Å². The smallest absolute Gasteiger partial charge is 0.371 e. The molecule has 114 valence electrons. The summed E-state index contributed by atoms with van der Waals surface area (Å²) < 4.78 is 41.1. The predicted octanol–water partition coefficient (Wildman–Crippen LogP) is 3.15. The van der Waals surface area contributed by atoms with Gasteiger partial charge in [-0.1, -0.05) is 11.6 Å². The van der Waals surface area contributed by atoms with E-state index in [9.17, 15) is 13.2 Å². The minimum absolute atomic E-state index is 0.216. The summed E-state index contributed by atoms with van der Waals surface area (Å²) in [4.78, 5) is 5.81. The third-order valence-corrected chi connectivity index (χ3v) is 3.38. The Balaban J connectivity index is 1.92. The Bertz CT molecular complexity index is 536. The van der Waals surface area contributed by atoms with Gasteiger partial charge in [0, 0.05) is 18.8 Å². The summed E-state index contributed by atoms with van der Waals surface area (Å²) in [7, 11) is 0. The molecule has 0 atom stereocenters. The van der Waals surface area contributed by atoms with Crippen LogP contribution in [0.15, 0.2) is 12.1 Å². The van der Waals surface area contributed by atoms with Gasteiger partial charge < -0.3 is 9.64 Å². The van der Waals surface area contributed by atoms with Gasteiger partial charge in [0.25, 0.3) is 0 Å². The van der Waals surface area contributed by atoms with Gasteiger partial charge in [-0.05, 0) is 25.0 Å². The molecule has 0 N–H and O–H groups in total. The average molecular weight is 320 g/mol. The van der Waals surface area contributed by atoms with E-state index in [-0.39, 0.29) is 10.8 Å². The predicted molar refractivity (Wildman–Crippen MR) is 71.2 cm³/mol. The Kier molecular flexibility index (Phi) is 4.91. The van der Waals surface area contributed by atoms with Crippen molar-refractivity contribution in [1.82, 2.24) is 4.98 Å². The van der Waals surface area contributed by atoms with Crippen LogP contribution in [0.1, 0.15) is 18.5 Å². The number of anilines is 1. The molecular formula is C13H13ClF3N3O. The Hall–Kier alpha value is -1.52. The third kappa shape index (κ3) is 4.76. The summed E-state index contributed by atoms with van der Waals surface area (Å²) in [5.41, 5.74) is 0.966. The third-order valence-electron chi connectivity index (χ3n) is 3.18. The molecule has 0 saturated carbocycles. The second kappa shape index (κ2) is 6.50. The minimum atomic E-state index is -4.29. The maximum atomic E-state index is 12.1. The van der Waals surface area contributed by atoms with E-state index in [4.69, 9.17) is 21.6 Å². The van der Waals surface area contributed by atoms with Crippen molar-refractivity contribution in [3.8, 4) is 6.07 Å². The van der Waals surface area contributed by atoms with Crippen LogP contribution in [0.4, 0.5) is 18.9 Å². The van der Waals surface area contributed by atoms with Gasteiger partial charge in [-0.2, -0.15) is 18.4 Å². The maximum Gasteiger partial charge on any atom is 0.411 e. The van der Waals surface area contributed by atoms with Gasteiger partial charge in [0.15, 0.2) is 0 Å². The van der Waals surface area contributed by atoms with Gasteiger partial charge in [-0.15, -0.1) is 0 Å². The molecule has 0 bridgehead atoms. The molecule has 8 heteroatoms. The van der Waals surface area contributed by atoms with Crippen LogP contribution in [0.2, 0.25) is 5.15 Å². The molecule has 1 aromatic rings. The van der Waals surface area contributed by atoms with Crippen molar-refractivity contribution in [2.45, 2.75) is 25.1 Å². The monoisotopic (exact) mass is 319 g/mol. The number of hydrogen-bond acceptors (Lipinski definition) is 4. The molecule has 0 spiro atoms. The molecule has 1 saturated heterocycles. The molecule has 1 aliphatic rings. The van der Waals surface area contributed by atoms with Gasteiger partial charge >= 0.3 is 6.18 Å². The highest BCUT2D eigenvalue weighted by molar-refractivity contribution is 6.29. The zero-order valence-corrected chi connectivity index (χ0v) is 11.8. The highest BCUT2D eigenvalue weighted by atomic mass is 35.5. The Labute approximate surface area is 125 Å². The fraction of sp³-hybridized carbons (Fsp3) is 0.538. The lowest BCUT2D eigenvalue weighted by atomic mass is 10.1. The van der Waals surface area contributed by atoms with Gasteiger partial charge in [0.2, 0.25) is 0 Å². The number of alkyl halides is 3. The largest absolute Gasteiger partial charge is 0.411 e. The first-order valence-electron chi connectivity index (χ1n) is 6.38. The number of halogens is 4. The first kappa shape index (κ1) is 15.9. The van der Waals surface area contributed by atoms with E-state index in [0.29, 0.717) is 25.9 Å². The molecule has 0 aliphatic carbocycles. The molecule has 1 fully saturated rings. The molecule has 0 aromatic carbocycles. The average Bonchev–Trinajstić information content (AvgIpc) is 2.44. The molecule has 1 aromatic heterocycles. The molecule has 21 heavy (non-hydrogen) atoms. The SMILES string of the molecule is N#Cc1cc(N2CCC(OCC(F)(F)F)CC2)cc(Cl)n1.